The fourth-order valence-electron chi connectivity index (χ4n) is 2.63. The fourth-order valence-corrected chi connectivity index (χ4v) is 2.88. The summed E-state index contributed by atoms with van der Waals surface area (Å²) in [6.45, 7) is 0. The van der Waals surface area contributed by atoms with E-state index in [9.17, 15) is 0 Å². The predicted molar refractivity (Wildman–Crippen MR) is 107 cm³/mol. The summed E-state index contributed by atoms with van der Waals surface area (Å²) in [5, 5.41) is 9.20. The number of fused-ring (bicyclic) bond motifs is 1. The first kappa shape index (κ1) is 17.4. The van der Waals surface area contributed by atoms with Crippen molar-refractivity contribution in [1.29, 1.82) is 5.41 Å². The van der Waals surface area contributed by atoms with E-state index in [4.69, 9.17) is 43.8 Å². The van der Waals surface area contributed by atoms with Crippen molar-refractivity contribution in [1.82, 2.24) is 0 Å². The lowest BCUT2D eigenvalue weighted by atomic mass is 10.1. The first-order chi connectivity index (χ1) is 13.0. The van der Waals surface area contributed by atoms with Gasteiger partial charge in [-0.05, 0) is 60.7 Å². The maximum absolute atomic E-state index is 7.98. The van der Waals surface area contributed by atoms with Crippen molar-refractivity contribution in [2.45, 2.75) is 0 Å². The van der Waals surface area contributed by atoms with Crippen molar-refractivity contribution < 1.29 is 9.47 Å². The van der Waals surface area contributed by atoms with E-state index in [1.54, 1.807) is 60.7 Å². The van der Waals surface area contributed by atoms with Crippen LogP contribution in [0.4, 0.5) is 0 Å². The number of nitrogens with one attached hydrogen (secondary N) is 1. The number of rotatable bonds is 4. The number of hydrogen-bond donors (Lipinski definition) is 2. The van der Waals surface area contributed by atoms with E-state index in [-0.39, 0.29) is 11.7 Å². The monoisotopic (exact) mass is 397 g/mol. The highest BCUT2D eigenvalue weighted by Gasteiger charge is 2.23. The molecule has 0 fully saturated rings. The van der Waals surface area contributed by atoms with Crippen LogP contribution in [0.2, 0.25) is 10.0 Å². The van der Waals surface area contributed by atoms with Gasteiger partial charge in [0.1, 0.15) is 17.3 Å². The molecule has 3 aromatic rings. The van der Waals surface area contributed by atoms with Crippen molar-refractivity contribution in [2.24, 2.45) is 10.7 Å². The van der Waals surface area contributed by atoms with Gasteiger partial charge in [0.15, 0.2) is 17.3 Å². The molecule has 27 heavy (non-hydrogen) atoms. The first-order valence-electron chi connectivity index (χ1n) is 7.98. The van der Waals surface area contributed by atoms with Gasteiger partial charge in [0, 0.05) is 21.2 Å². The molecule has 0 amide bonds. The molecule has 0 saturated heterocycles. The Bertz CT molecular complexity index is 1060. The standard InChI is InChI=1S/C20H13Cl2N3O2/c21-11-1-5-13(6-2-11)26-17-9-15-16(20(24)25-19(15)23)10-18(17)27-14-7-3-12(22)4-8-14/h1-10H,(H3,23,24,25). The first-order valence-corrected chi connectivity index (χ1v) is 8.73. The average molecular weight is 398 g/mol. The highest BCUT2D eigenvalue weighted by molar-refractivity contribution is 6.30. The van der Waals surface area contributed by atoms with Crippen molar-refractivity contribution in [3.63, 3.8) is 0 Å². The molecular weight excluding hydrogens is 385 g/mol. The summed E-state index contributed by atoms with van der Waals surface area (Å²) in [7, 11) is 0. The normalized spacial score (nSPS) is 12.5. The summed E-state index contributed by atoms with van der Waals surface area (Å²) >= 11 is 11.9. The summed E-state index contributed by atoms with van der Waals surface area (Å²) in [5.41, 5.74) is 7.13. The molecule has 0 unspecified atom stereocenters. The van der Waals surface area contributed by atoms with Crippen LogP contribution >= 0.6 is 23.2 Å². The summed E-state index contributed by atoms with van der Waals surface area (Å²) in [6.07, 6.45) is 0. The van der Waals surface area contributed by atoms with Crippen molar-refractivity contribution in [2.75, 3.05) is 0 Å². The zero-order chi connectivity index (χ0) is 19.0. The van der Waals surface area contributed by atoms with Crippen LogP contribution in [0, 0.1) is 5.41 Å². The molecule has 0 bridgehead atoms. The molecule has 134 valence electrons. The van der Waals surface area contributed by atoms with Crippen molar-refractivity contribution >= 4 is 34.9 Å². The van der Waals surface area contributed by atoms with Gasteiger partial charge in [0.2, 0.25) is 0 Å². The number of aliphatic imine (C=N–C) groups is 1. The molecule has 5 nitrogen and oxygen atoms in total. The minimum Gasteiger partial charge on any atom is -0.453 e. The molecule has 0 aliphatic carbocycles. The second kappa shape index (κ2) is 6.95. The third kappa shape index (κ3) is 3.60. The van der Waals surface area contributed by atoms with Gasteiger partial charge in [0.05, 0.1) is 0 Å². The van der Waals surface area contributed by atoms with E-state index in [0.717, 1.165) is 0 Å². The summed E-state index contributed by atoms with van der Waals surface area (Å²) in [6, 6.07) is 17.3. The van der Waals surface area contributed by atoms with Crippen molar-refractivity contribution in [3.8, 4) is 23.0 Å². The Morgan fingerprint density at radius 2 is 1.19 bits per heavy atom. The van der Waals surface area contributed by atoms with Gasteiger partial charge in [-0.25, -0.2) is 4.99 Å². The molecule has 4 rings (SSSR count). The van der Waals surface area contributed by atoms with E-state index in [0.29, 0.717) is 44.2 Å². The maximum Gasteiger partial charge on any atom is 0.170 e. The highest BCUT2D eigenvalue weighted by atomic mass is 35.5. The maximum atomic E-state index is 7.98. The number of hydrogen-bond acceptors (Lipinski definition) is 4. The van der Waals surface area contributed by atoms with E-state index >= 15 is 0 Å². The van der Waals surface area contributed by atoms with Crippen LogP contribution in [-0.4, -0.2) is 11.7 Å². The Kier molecular flexibility index (Phi) is 4.48. The Morgan fingerprint density at radius 1 is 0.741 bits per heavy atom. The van der Waals surface area contributed by atoms with Crippen LogP contribution in [0.3, 0.4) is 0 Å². The second-order valence-electron chi connectivity index (χ2n) is 5.80. The Morgan fingerprint density at radius 3 is 1.67 bits per heavy atom. The van der Waals surface area contributed by atoms with Crippen LogP contribution in [0.15, 0.2) is 65.7 Å². The zero-order valence-electron chi connectivity index (χ0n) is 13.9. The predicted octanol–water partition coefficient (Wildman–Crippen LogP) is 5.62. The molecule has 1 heterocycles. The minimum absolute atomic E-state index is 0.0847. The molecule has 7 heteroatoms. The molecule has 1 aliphatic heterocycles. The minimum atomic E-state index is 0.0847. The molecule has 3 N–H and O–H groups in total. The number of nitrogens with two attached hydrogens (primary N) is 1. The van der Waals surface area contributed by atoms with E-state index in [1.807, 2.05) is 0 Å². The van der Waals surface area contributed by atoms with Gasteiger partial charge >= 0.3 is 0 Å². The molecule has 0 atom stereocenters. The average Bonchev–Trinajstić information content (AvgIpc) is 2.92. The Hall–Kier alpha value is -3.02. The van der Waals surface area contributed by atoms with Crippen molar-refractivity contribution in [3.05, 3.63) is 81.8 Å². The summed E-state index contributed by atoms with van der Waals surface area (Å²) < 4.78 is 11.9. The lowest BCUT2D eigenvalue weighted by Gasteiger charge is -2.14. The SMILES string of the molecule is N=C1N=C(N)c2cc(Oc3ccc(Cl)cc3)c(Oc3ccc(Cl)cc3)cc21. The molecule has 0 aromatic heterocycles. The van der Waals surface area contributed by atoms with Gasteiger partial charge in [-0.3, -0.25) is 5.41 Å². The summed E-state index contributed by atoms with van der Waals surface area (Å²) in [4.78, 5) is 4.01. The van der Waals surface area contributed by atoms with Crippen LogP contribution in [-0.2, 0) is 0 Å². The smallest absolute Gasteiger partial charge is 0.170 e. The third-order valence-electron chi connectivity index (χ3n) is 3.93. The number of halogens is 2. The Labute approximate surface area is 165 Å². The molecule has 3 aromatic carbocycles. The van der Waals surface area contributed by atoms with Crippen LogP contribution in [0.1, 0.15) is 11.1 Å². The molecule has 0 radical (unpaired) electrons. The van der Waals surface area contributed by atoms with Gasteiger partial charge < -0.3 is 15.2 Å². The fraction of sp³-hybridized carbons (Fsp3) is 0. The number of ether oxygens (including phenoxy) is 2. The quantitative estimate of drug-likeness (QED) is 0.598. The van der Waals surface area contributed by atoms with Gasteiger partial charge in [0.25, 0.3) is 0 Å². The lowest BCUT2D eigenvalue weighted by molar-refractivity contribution is 0.418. The molecule has 1 aliphatic rings. The van der Waals surface area contributed by atoms with Crippen LogP contribution in [0.25, 0.3) is 0 Å². The van der Waals surface area contributed by atoms with E-state index < -0.39 is 0 Å². The van der Waals surface area contributed by atoms with Gasteiger partial charge in [-0.15, -0.1) is 0 Å². The molecule has 0 saturated carbocycles. The van der Waals surface area contributed by atoms with Crippen LogP contribution < -0.4 is 15.2 Å². The van der Waals surface area contributed by atoms with E-state index in [1.165, 1.54) is 0 Å². The third-order valence-corrected chi connectivity index (χ3v) is 4.43. The second-order valence-corrected chi connectivity index (χ2v) is 6.68. The highest BCUT2D eigenvalue weighted by Crippen LogP contribution is 2.39. The molecular formula is C20H13Cl2N3O2. The lowest BCUT2D eigenvalue weighted by Crippen LogP contribution is -2.10. The topological polar surface area (TPSA) is 80.7 Å². The number of amidine groups is 2. The van der Waals surface area contributed by atoms with Crippen LogP contribution in [0.5, 0.6) is 23.0 Å². The van der Waals surface area contributed by atoms with E-state index in [2.05, 4.69) is 4.99 Å². The molecule has 0 spiro atoms. The largest absolute Gasteiger partial charge is 0.453 e. The zero-order valence-corrected chi connectivity index (χ0v) is 15.4. The summed E-state index contributed by atoms with van der Waals surface area (Å²) in [5.74, 6) is 2.40. The number of nitrogens with zero attached hydrogens (tertiary/aromatic N) is 1. The number of benzene rings is 3. The van der Waals surface area contributed by atoms with Gasteiger partial charge in [-0.2, -0.15) is 0 Å². The van der Waals surface area contributed by atoms with Gasteiger partial charge in [-0.1, -0.05) is 23.2 Å². The Balaban J connectivity index is 1.75.